The predicted octanol–water partition coefficient (Wildman–Crippen LogP) is -0.809. The summed E-state index contributed by atoms with van der Waals surface area (Å²) in [6.07, 6.45) is 1.53. The minimum absolute atomic E-state index is 0.00587. The molecule has 8 N–H and O–H groups in total. The number of carbonyl (C=O) groups excluding carboxylic acids is 1. The van der Waals surface area contributed by atoms with E-state index in [0.717, 1.165) is 6.42 Å². The van der Waals surface area contributed by atoms with Crippen LogP contribution in [0.15, 0.2) is 12.5 Å². The molecule has 1 aliphatic rings. The molecule has 1 unspecified atom stereocenters. The van der Waals surface area contributed by atoms with E-state index < -0.39 is 36.3 Å². The summed E-state index contributed by atoms with van der Waals surface area (Å²) >= 11 is 0. The minimum Gasteiger partial charge on any atom is -0.463 e. The van der Waals surface area contributed by atoms with Crippen molar-refractivity contribution < 1.29 is 19.7 Å². The van der Waals surface area contributed by atoms with Crippen LogP contribution in [0.25, 0.3) is 11.0 Å². The van der Waals surface area contributed by atoms with Gasteiger partial charge in [0.2, 0.25) is 0 Å². The summed E-state index contributed by atoms with van der Waals surface area (Å²) in [7, 11) is 0. The number of aromatic nitrogens is 3. The summed E-state index contributed by atoms with van der Waals surface area (Å²) < 4.78 is 5.25. The van der Waals surface area contributed by atoms with Crippen molar-refractivity contribution >= 4 is 22.8 Å². The van der Waals surface area contributed by atoms with Crippen molar-refractivity contribution in [3.05, 3.63) is 18.1 Å². The first-order chi connectivity index (χ1) is 12.8. The number of aliphatic hydroxyl groups is 2. The Hall–Kier alpha value is -2.27. The summed E-state index contributed by atoms with van der Waals surface area (Å²) in [5, 5.41) is 23.9. The van der Waals surface area contributed by atoms with Crippen LogP contribution in [0.5, 0.6) is 0 Å². The maximum atomic E-state index is 12.1. The number of anilines is 1. The number of aliphatic hydroxyl groups excluding tert-OH is 2. The summed E-state index contributed by atoms with van der Waals surface area (Å²) in [6, 6.07) is -1.96. The zero-order valence-corrected chi connectivity index (χ0v) is 15.3. The highest BCUT2D eigenvalue weighted by atomic mass is 16.5. The van der Waals surface area contributed by atoms with Crippen LogP contribution >= 0.6 is 0 Å². The zero-order chi connectivity index (χ0) is 19.7. The van der Waals surface area contributed by atoms with Gasteiger partial charge in [0.25, 0.3) is 0 Å². The largest absolute Gasteiger partial charge is 0.463 e. The second-order valence-corrected chi connectivity index (χ2v) is 7.00. The first-order valence-corrected chi connectivity index (χ1v) is 8.97. The predicted molar refractivity (Wildman–Crippen MR) is 98.4 cm³/mol. The molecule has 6 atom stereocenters. The van der Waals surface area contributed by atoms with Crippen LogP contribution in [0, 0.1) is 5.92 Å². The van der Waals surface area contributed by atoms with Crippen LogP contribution in [0.3, 0.4) is 0 Å². The van der Waals surface area contributed by atoms with E-state index in [1.165, 1.54) is 6.33 Å². The molecule has 0 bridgehead atoms. The number of H-pyrrole nitrogens is 1. The van der Waals surface area contributed by atoms with E-state index in [1.54, 1.807) is 6.20 Å². The molecule has 0 aromatic carbocycles. The lowest BCUT2D eigenvalue weighted by Gasteiger charge is -2.20. The fourth-order valence-electron chi connectivity index (χ4n) is 3.25. The summed E-state index contributed by atoms with van der Waals surface area (Å²) in [5.41, 5.74) is 13.4. The van der Waals surface area contributed by atoms with E-state index in [2.05, 4.69) is 20.3 Å². The lowest BCUT2D eigenvalue weighted by Crippen LogP contribution is -2.42. The first-order valence-electron chi connectivity index (χ1n) is 8.97. The van der Waals surface area contributed by atoms with Gasteiger partial charge in [-0.25, -0.2) is 9.97 Å². The third-order valence-corrected chi connectivity index (χ3v) is 5.29. The first kappa shape index (κ1) is 19.5. The van der Waals surface area contributed by atoms with E-state index in [1.807, 2.05) is 13.8 Å². The minimum atomic E-state index is -1.12. The lowest BCUT2D eigenvalue weighted by molar-refractivity contribution is -0.148. The molecule has 3 heterocycles. The molecule has 10 nitrogen and oxygen atoms in total. The molecule has 148 valence electrons. The number of nitrogen functional groups attached to an aromatic ring is 1. The summed E-state index contributed by atoms with van der Waals surface area (Å²) in [5.74, 6) is -0.235. The Morgan fingerprint density at radius 1 is 1.37 bits per heavy atom. The fourth-order valence-corrected chi connectivity index (χ4v) is 3.25. The van der Waals surface area contributed by atoms with E-state index in [0.29, 0.717) is 22.4 Å². The molecule has 10 heteroatoms. The van der Waals surface area contributed by atoms with E-state index >= 15 is 0 Å². The topological polar surface area (TPSA) is 172 Å². The number of fused-ring (bicyclic) bond motifs is 1. The number of hydrogen-bond acceptors (Lipinski definition) is 9. The Balaban J connectivity index is 1.70. The second-order valence-electron chi connectivity index (χ2n) is 7.00. The number of aromatic amines is 1. The Kier molecular flexibility index (Phi) is 5.61. The monoisotopic (exact) mass is 378 g/mol. The highest BCUT2D eigenvalue weighted by Gasteiger charge is 2.43. The number of hydrogen-bond donors (Lipinski definition) is 6. The molecule has 2 aromatic heterocycles. The van der Waals surface area contributed by atoms with Gasteiger partial charge < -0.3 is 31.4 Å². The Labute approximate surface area is 156 Å². The van der Waals surface area contributed by atoms with Crippen molar-refractivity contribution in [2.75, 3.05) is 12.3 Å². The van der Waals surface area contributed by atoms with Crippen molar-refractivity contribution in [1.29, 1.82) is 0 Å². The maximum absolute atomic E-state index is 12.1. The van der Waals surface area contributed by atoms with Gasteiger partial charge in [0, 0.05) is 11.8 Å². The van der Waals surface area contributed by atoms with Crippen LogP contribution in [0.2, 0.25) is 0 Å². The molecule has 0 saturated carbocycles. The molecule has 2 aromatic rings. The van der Waals surface area contributed by atoms with Gasteiger partial charge in [0.15, 0.2) is 5.82 Å². The average molecular weight is 378 g/mol. The molecule has 27 heavy (non-hydrogen) atoms. The highest BCUT2D eigenvalue weighted by Crippen LogP contribution is 2.32. The van der Waals surface area contributed by atoms with Gasteiger partial charge in [-0.15, -0.1) is 0 Å². The van der Waals surface area contributed by atoms with Gasteiger partial charge >= 0.3 is 5.97 Å². The number of esters is 1. The standard InChI is InChI=1S/C17H26N6O4/c1-3-7(2)10(18)17(26)27-5-9-14(24)15(25)12(23-9)8-4-20-13-11(8)21-6-22-16(13)19/h4,6-7,9-10,12,14-15,20,23-25H,3,5,18H2,1-2H3,(H2,19,21,22)/t7?,9-,10+,12+,14-,15+/m1/s1. The zero-order valence-electron chi connectivity index (χ0n) is 15.3. The fraction of sp³-hybridized carbons (Fsp3) is 0.588. The van der Waals surface area contributed by atoms with Crippen LogP contribution in [0.1, 0.15) is 31.9 Å². The molecular weight excluding hydrogens is 352 g/mol. The van der Waals surface area contributed by atoms with Gasteiger partial charge in [-0.05, 0) is 5.92 Å². The van der Waals surface area contributed by atoms with Crippen LogP contribution in [-0.2, 0) is 9.53 Å². The van der Waals surface area contributed by atoms with Crippen molar-refractivity contribution in [2.45, 2.75) is 50.6 Å². The number of nitrogens with two attached hydrogens (primary N) is 2. The lowest BCUT2D eigenvalue weighted by atomic mass is 10.0. The molecule has 0 aliphatic carbocycles. The van der Waals surface area contributed by atoms with Gasteiger partial charge in [-0.2, -0.15) is 0 Å². The summed E-state index contributed by atoms with van der Waals surface area (Å²) in [6.45, 7) is 3.72. The maximum Gasteiger partial charge on any atom is 0.323 e. The Morgan fingerprint density at radius 3 is 2.81 bits per heavy atom. The molecule has 1 saturated heterocycles. The van der Waals surface area contributed by atoms with Crippen molar-refractivity contribution in [3.8, 4) is 0 Å². The third kappa shape index (κ3) is 3.61. The van der Waals surface area contributed by atoms with Gasteiger partial charge in [-0.3, -0.25) is 10.1 Å². The van der Waals surface area contributed by atoms with Crippen molar-refractivity contribution in [1.82, 2.24) is 20.3 Å². The molecule has 0 radical (unpaired) electrons. The number of nitrogens with zero attached hydrogens (tertiary/aromatic N) is 2. The number of ether oxygens (including phenoxy) is 1. The van der Waals surface area contributed by atoms with Crippen molar-refractivity contribution in [2.24, 2.45) is 11.7 Å². The smallest absolute Gasteiger partial charge is 0.323 e. The molecular formula is C17H26N6O4. The SMILES string of the molecule is CCC(C)[C@H](N)C(=O)OC[C@H]1N[C@@H](c2c[nH]c3c(N)ncnc23)[C@H](O)[C@@H]1O. The highest BCUT2D eigenvalue weighted by molar-refractivity contribution is 5.87. The van der Waals surface area contributed by atoms with Crippen molar-refractivity contribution in [3.63, 3.8) is 0 Å². The Morgan fingerprint density at radius 2 is 2.11 bits per heavy atom. The molecule has 0 amide bonds. The quantitative estimate of drug-likeness (QED) is 0.351. The van der Waals surface area contributed by atoms with Gasteiger partial charge in [0.1, 0.15) is 36.7 Å². The Bertz CT molecular complexity index is 812. The normalized spacial score (nSPS) is 27.6. The molecule has 3 rings (SSSR count). The number of carbonyl (C=O) groups is 1. The van der Waals surface area contributed by atoms with Crippen LogP contribution in [-0.4, -0.2) is 62.0 Å². The molecule has 1 aliphatic heterocycles. The van der Waals surface area contributed by atoms with E-state index in [9.17, 15) is 15.0 Å². The van der Waals surface area contributed by atoms with Gasteiger partial charge in [0.05, 0.1) is 17.6 Å². The number of rotatable bonds is 6. The van der Waals surface area contributed by atoms with Crippen LogP contribution in [0.4, 0.5) is 5.82 Å². The second kappa shape index (κ2) is 7.77. The number of nitrogens with one attached hydrogen (secondary N) is 2. The third-order valence-electron chi connectivity index (χ3n) is 5.29. The summed E-state index contributed by atoms with van der Waals surface area (Å²) in [4.78, 5) is 23.2. The van der Waals surface area contributed by atoms with E-state index in [4.69, 9.17) is 16.2 Å². The van der Waals surface area contributed by atoms with Crippen LogP contribution < -0.4 is 16.8 Å². The average Bonchev–Trinajstić information content (AvgIpc) is 3.21. The molecule has 1 fully saturated rings. The van der Waals surface area contributed by atoms with E-state index in [-0.39, 0.29) is 12.5 Å². The molecule has 0 spiro atoms. The van der Waals surface area contributed by atoms with Gasteiger partial charge in [-0.1, -0.05) is 20.3 Å².